The standard InChI is InChI=1S/C8H14BrNO3S/c1-8(2)7(11)10(14(8,12)13)6-4-3-5-9/h3-6H2,1-2H3. The highest BCUT2D eigenvalue weighted by Crippen LogP contribution is 2.34. The molecule has 1 heterocycles. The van der Waals surface area contributed by atoms with E-state index in [4.69, 9.17) is 0 Å². The highest BCUT2D eigenvalue weighted by atomic mass is 79.9. The van der Waals surface area contributed by atoms with Gasteiger partial charge in [-0.25, -0.2) is 12.7 Å². The highest BCUT2D eigenvalue weighted by Gasteiger charge is 2.59. The molecular formula is C8H14BrNO3S. The Hall–Kier alpha value is -0.100. The Morgan fingerprint density at radius 1 is 1.36 bits per heavy atom. The maximum atomic E-state index is 11.6. The minimum absolute atomic E-state index is 0.285. The molecule has 1 fully saturated rings. The molecule has 0 unspecified atom stereocenters. The van der Waals surface area contributed by atoms with Crippen LogP contribution in [0.1, 0.15) is 26.7 Å². The molecule has 1 rings (SSSR count). The fourth-order valence-corrected chi connectivity index (χ4v) is 3.29. The van der Waals surface area contributed by atoms with E-state index >= 15 is 0 Å². The van der Waals surface area contributed by atoms with Gasteiger partial charge >= 0.3 is 0 Å². The van der Waals surface area contributed by atoms with Gasteiger partial charge in [-0.2, -0.15) is 0 Å². The number of hydrogen-bond donors (Lipinski definition) is 0. The minimum Gasteiger partial charge on any atom is -0.272 e. The van der Waals surface area contributed by atoms with Gasteiger partial charge in [0.15, 0.2) is 4.75 Å². The van der Waals surface area contributed by atoms with E-state index in [1.165, 1.54) is 13.8 Å². The molecule has 1 aliphatic heterocycles. The van der Waals surface area contributed by atoms with Crippen molar-refractivity contribution >= 4 is 31.9 Å². The zero-order chi connectivity index (χ0) is 11.0. The van der Waals surface area contributed by atoms with E-state index in [1.54, 1.807) is 0 Å². The van der Waals surface area contributed by atoms with Gasteiger partial charge in [0.1, 0.15) is 0 Å². The van der Waals surface area contributed by atoms with Crippen molar-refractivity contribution in [3.63, 3.8) is 0 Å². The van der Waals surface area contributed by atoms with Crippen molar-refractivity contribution in [1.29, 1.82) is 0 Å². The molecular weight excluding hydrogens is 270 g/mol. The third kappa shape index (κ3) is 1.58. The third-order valence-corrected chi connectivity index (χ3v) is 5.38. The lowest BCUT2D eigenvalue weighted by Gasteiger charge is -2.43. The molecule has 4 nitrogen and oxygen atoms in total. The number of rotatable bonds is 4. The van der Waals surface area contributed by atoms with E-state index in [9.17, 15) is 13.2 Å². The van der Waals surface area contributed by atoms with Crippen molar-refractivity contribution in [3.8, 4) is 0 Å². The molecule has 0 spiro atoms. The Morgan fingerprint density at radius 2 is 1.93 bits per heavy atom. The number of carbonyl (C=O) groups is 1. The van der Waals surface area contributed by atoms with Crippen LogP contribution < -0.4 is 0 Å². The highest BCUT2D eigenvalue weighted by molar-refractivity contribution is 9.09. The average Bonchev–Trinajstić information content (AvgIpc) is 2.11. The molecule has 0 radical (unpaired) electrons. The molecule has 0 saturated carbocycles. The summed E-state index contributed by atoms with van der Waals surface area (Å²) >= 11 is 3.25. The predicted molar refractivity (Wildman–Crippen MR) is 57.7 cm³/mol. The van der Waals surface area contributed by atoms with Gasteiger partial charge < -0.3 is 0 Å². The molecule has 0 aromatic carbocycles. The number of alkyl halides is 1. The quantitative estimate of drug-likeness (QED) is 0.574. The normalized spacial score (nSPS) is 23.4. The molecule has 82 valence electrons. The predicted octanol–water partition coefficient (Wildman–Crippen LogP) is 1.11. The topological polar surface area (TPSA) is 54.5 Å². The summed E-state index contributed by atoms with van der Waals surface area (Å²) in [5.41, 5.74) is 0. The van der Waals surface area contributed by atoms with E-state index in [-0.39, 0.29) is 5.91 Å². The van der Waals surface area contributed by atoms with Crippen molar-refractivity contribution < 1.29 is 13.2 Å². The first-order valence-corrected chi connectivity index (χ1v) is 7.04. The first-order valence-electron chi connectivity index (χ1n) is 4.48. The van der Waals surface area contributed by atoms with Crippen molar-refractivity contribution in [2.75, 3.05) is 11.9 Å². The Balaban J connectivity index is 2.63. The lowest BCUT2D eigenvalue weighted by molar-refractivity contribution is -0.132. The molecule has 1 aliphatic rings. The van der Waals surface area contributed by atoms with E-state index in [0.717, 1.165) is 16.1 Å². The Morgan fingerprint density at radius 3 is 2.36 bits per heavy atom. The molecule has 1 saturated heterocycles. The van der Waals surface area contributed by atoms with Crippen molar-refractivity contribution in [2.45, 2.75) is 31.4 Å². The molecule has 6 heteroatoms. The van der Waals surface area contributed by atoms with Crippen LogP contribution in [0.2, 0.25) is 0 Å². The first kappa shape index (κ1) is 12.0. The van der Waals surface area contributed by atoms with Gasteiger partial charge in [-0.1, -0.05) is 15.9 Å². The molecule has 0 N–H and O–H groups in total. The summed E-state index contributed by atoms with van der Waals surface area (Å²) in [6.07, 6.45) is 1.59. The third-order valence-electron chi connectivity index (χ3n) is 2.42. The molecule has 0 atom stereocenters. The lowest BCUT2D eigenvalue weighted by Crippen LogP contribution is -2.67. The molecule has 1 amide bonds. The fraction of sp³-hybridized carbons (Fsp3) is 0.875. The number of unbranched alkanes of at least 4 members (excludes halogenated alkanes) is 1. The van der Waals surface area contributed by atoms with Gasteiger partial charge in [0, 0.05) is 11.9 Å². The summed E-state index contributed by atoms with van der Waals surface area (Å²) in [5.74, 6) is -0.285. The lowest BCUT2D eigenvalue weighted by atomic mass is 10.2. The van der Waals surface area contributed by atoms with Gasteiger partial charge in [0.25, 0.3) is 15.9 Å². The van der Waals surface area contributed by atoms with E-state index in [0.29, 0.717) is 13.0 Å². The summed E-state index contributed by atoms with van der Waals surface area (Å²) in [5, 5.41) is 0.832. The van der Waals surface area contributed by atoms with Crippen LogP contribution in [-0.4, -0.2) is 35.3 Å². The van der Waals surface area contributed by atoms with Crippen LogP contribution in [0, 0.1) is 0 Å². The smallest absolute Gasteiger partial charge is 0.258 e. The Kier molecular flexibility index (Phi) is 3.26. The molecule has 0 aromatic heterocycles. The van der Waals surface area contributed by atoms with E-state index in [2.05, 4.69) is 15.9 Å². The second-order valence-corrected chi connectivity index (χ2v) is 6.99. The van der Waals surface area contributed by atoms with E-state index < -0.39 is 14.8 Å². The number of hydrogen-bond acceptors (Lipinski definition) is 3. The summed E-state index contributed by atoms with van der Waals surface area (Å²) < 4.78 is 22.9. The summed E-state index contributed by atoms with van der Waals surface area (Å²) in [7, 11) is -3.36. The minimum atomic E-state index is -3.36. The monoisotopic (exact) mass is 283 g/mol. The van der Waals surface area contributed by atoms with Gasteiger partial charge in [-0.3, -0.25) is 4.79 Å². The molecule has 0 aliphatic carbocycles. The summed E-state index contributed by atoms with van der Waals surface area (Å²) in [6, 6.07) is 0. The zero-order valence-electron chi connectivity index (χ0n) is 8.29. The molecule has 0 aromatic rings. The van der Waals surface area contributed by atoms with Crippen LogP contribution in [0.3, 0.4) is 0 Å². The zero-order valence-corrected chi connectivity index (χ0v) is 10.7. The fourth-order valence-electron chi connectivity index (χ4n) is 1.33. The van der Waals surface area contributed by atoms with Gasteiger partial charge in [0.2, 0.25) is 0 Å². The van der Waals surface area contributed by atoms with Crippen molar-refractivity contribution in [2.24, 2.45) is 0 Å². The Labute approximate surface area is 92.8 Å². The molecule has 0 bridgehead atoms. The van der Waals surface area contributed by atoms with Crippen LogP contribution in [-0.2, 0) is 14.8 Å². The number of amides is 1. The van der Waals surface area contributed by atoms with Crippen LogP contribution >= 0.6 is 15.9 Å². The second-order valence-electron chi connectivity index (χ2n) is 3.79. The first-order chi connectivity index (χ1) is 6.35. The number of nitrogens with zero attached hydrogens (tertiary/aromatic N) is 1. The van der Waals surface area contributed by atoms with Crippen LogP contribution in [0.25, 0.3) is 0 Å². The van der Waals surface area contributed by atoms with Gasteiger partial charge in [-0.15, -0.1) is 0 Å². The van der Waals surface area contributed by atoms with Gasteiger partial charge in [-0.05, 0) is 26.7 Å². The Bertz CT molecular complexity index is 336. The van der Waals surface area contributed by atoms with Crippen LogP contribution in [0.15, 0.2) is 0 Å². The van der Waals surface area contributed by atoms with Gasteiger partial charge in [0.05, 0.1) is 0 Å². The largest absolute Gasteiger partial charge is 0.272 e. The van der Waals surface area contributed by atoms with E-state index in [1.807, 2.05) is 0 Å². The SMILES string of the molecule is CC1(C)C(=O)N(CCCCBr)S1(=O)=O. The van der Waals surface area contributed by atoms with Crippen molar-refractivity contribution in [1.82, 2.24) is 4.31 Å². The maximum absolute atomic E-state index is 11.6. The summed E-state index contributed by atoms with van der Waals surface area (Å²) in [6.45, 7) is 3.22. The maximum Gasteiger partial charge on any atom is 0.258 e. The van der Waals surface area contributed by atoms with Crippen molar-refractivity contribution in [3.05, 3.63) is 0 Å². The molecule has 14 heavy (non-hydrogen) atoms. The average molecular weight is 284 g/mol. The van der Waals surface area contributed by atoms with Crippen LogP contribution in [0.5, 0.6) is 0 Å². The number of carbonyl (C=O) groups excluding carboxylic acids is 1. The summed E-state index contributed by atoms with van der Waals surface area (Å²) in [4.78, 5) is 11.4. The second kappa shape index (κ2) is 3.81. The number of halogens is 1. The number of sulfonamides is 1. The van der Waals surface area contributed by atoms with Crippen LogP contribution in [0.4, 0.5) is 0 Å².